The third kappa shape index (κ3) is 5.19. The van der Waals surface area contributed by atoms with E-state index in [1.165, 1.54) is 0 Å². The molecule has 25 heavy (non-hydrogen) atoms. The highest BCUT2D eigenvalue weighted by Gasteiger charge is 2.28. The Morgan fingerprint density at radius 1 is 1.20 bits per heavy atom. The third-order valence-corrected chi connectivity index (χ3v) is 4.82. The first kappa shape index (κ1) is 19.7. The van der Waals surface area contributed by atoms with Crippen LogP contribution in [0, 0.1) is 0 Å². The lowest BCUT2D eigenvalue weighted by Crippen LogP contribution is -2.56. The summed E-state index contributed by atoms with van der Waals surface area (Å²) in [5.74, 6) is 1.75. The maximum atomic E-state index is 5.45. The molecule has 7 nitrogen and oxygen atoms in total. The fraction of sp³-hybridized carbons (Fsp3) is 0.778. The molecule has 1 fully saturated rings. The second-order valence-corrected chi connectivity index (χ2v) is 6.93. The highest BCUT2D eigenvalue weighted by Crippen LogP contribution is 2.16. The average molecular weight is 351 g/mol. The van der Waals surface area contributed by atoms with E-state index < -0.39 is 0 Å². The molecule has 0 saturated carbocycles. The number of nitrogens with zero attached hydrogens (tertiary/aromatic N) is 3. The van der Waals surface area contributed by atoms with Crippen LogP contribution in [0.1, 0.15) is 44.7 Å². The van der Waals surface area contributed by atoms with E-state index in [-0.39, 0.29) is 5.54 Å². The first-order chi connectivity index (χ1) is 12.0. The number of hydrogen-bond acceptors (Lipinski definition) is 5. The van der Waals surface area contributed by atoms with Crippen LogP contribution in [0.15, 0.2) is 9.52 Å². The topological polar surface area (TPSA) is 74.9 Å². The molecule has 2 N–H and O–H groups in total. The van der Waals surface area contributed by atoms with Crippen molar-refractivity contribution in [3.05, 3.63) is 17.0 Å². The highest BCUT2D eigenvalue weighted by molar-refractivity contribution is 5.79. The van der Waals surface area contributed by atoms with Gasteiger partial charge in [-0.25, -0.2) is 0 Å². The smallest absolute Gasteiger partial charge is 0.191 e. The summed E-state index contributed by atoms with van der Waals surface area (Å²) in [6.07, 6.45) is 1.72. The lowest BCUT2D eigenvalue weighted by Gasteiger charge is -2.41. The molecular formula is C18H33N5O2. The van der Waals surface area contributed by atoms with Crippen molar-refractivity contribution >= 4 is 5.96 Å². The molecule has 2 heterocycles. The average Bonchev–Trinajstić information content (AvgIpc) is 3.04. The van der Waals surface area contributed by atoms with Gasteiger partial charge >= 0.3 is 0 Å². The van der Waals surface area contributed by atoms with Crippen molar-refractivity contribution in [2.45, 2.75) is 52.6 Å². The second-order valence-electron chi connectivity index (χ2n) is 6.93. The summed E-state index contributed by atoms with van der Waals surface area (Å²) in [6, 6.07) is 0. The first-order valence-electron chi connectivity index (χ1n) is 9.25. The molecule has 0 unspecified atom stereocenters. The van der Waals surface area contributed by atoms with Gasteiger partial charge in [-0.1, -0.05) is 19.0 Å². The van der Waals surface area contributed by atoms with Crippen molar-refractivity contribution in [1.29, 1.82) is 0 Å². The molecule has 1 aromatic heterocycles. The Bertz CT molecular complexity index is 540. The standard InChI is InChI=1S/C18H33N5O2/c1-6-15-14(16(7-2)25-22-15)12-20-17(19-5)21-13-18(3,4)23-8-10-24-11-9-23/h6-13H2,1-5H3,(H2,19,20,21). The third-order valence-electron chi connectivity index (χ3n) is 4.82. The van der Waals surface area contributed by atoms with Gasteiger partial charge in [-0.15, -0.1) is 0 Å². The van der Waals surface area contributed by atoms with Crippen LogP contribution in [0.5, 0.6) is 0 Å². The summed E-state index contributed by atoms with van der Waals surface area (Å²) >= 11 is 0. The lowest BCUT2D eigenvalue weighted by molar-refractivity contribution is -0.00834. The molecule has 0 bridgehead atoms. The Morgan fingerprint density at radius 3 is 2.52 bits per heavy atom. The van der Waals surface area contributed by atoms with Crippen LogP contribution in [0.4, 0.5) is 0 Å². The molecule has 7 heteroatoms. The zero-order valence-electron chi connectivity index (χ0n) is 16.3. The fourth-order valence-electron chi connectivity index (χ4n) is 3.11. The SMILES string of the molecule is CCc1noc(CC)c1CNC(=NC)NCC(C)(C)N1CCOCC1. The predicted molar refractivity (Wildman–Crippen MR) is 99.9 cm³/mol. The van der Waals surface area contributed by atoms with Crippen molar-refractivity contribution in [3.63, 3.8) is 0 Å². The molecule has 0 spiro atoms. The minimum Gasteiger partial charge on any atom is -0.379 e. The van der Waals surface area contributed by atoms with Crippen LogP contribution < -0.4 is 10.6 Å². The number of aliphatic imine (C=N–C) groups is 1. The Balaban J connectivity index is 1.89. The molecule has 1 aromatic rings. The van der Waals surface area contributed by atoms with Gasteiger partial charge in [0.25, 0.3) is 0 Å². The van der Waals surface area contributed by atoms with Crippen LogP contribution in [0.3, 0.4) is 0 Å². The number of aryl methyl sites for hydroxylation is 2. The van der Waals surface area contributed by atoms with Gasteiger partial charge in [0.2, 0.25) is 0 Å². The summed E-state index contributed by atoms with van der Waals surface area (Å²) in [4.78, 5) is 6.81. The number of guanidine groups is 1. The van der Waals surface area contributed by atoms with Crippen LogP contribution >= 0.6 is 0 Å². The Labute approximate surface area is 151 Å². The molecule has 1 aliphatic rings. The van der Waals surface area contributed by atoms with Crippen molar-refractivity contribution < 1.29 is 9.26 Å². The maximum Gasteiger partial charge on any atom is 0.191 e. The van der Waals surface area contributed by atoms with Gasteiger partial charge in [0.1, 0.15) is 5.76 Å². The Morgan fingerprint density at radius 2 is 1.92 bits per heavy atom. The largest absolute Gasteiger partial charge is 0.379 e. The van der Waals surface area contributed by atoms with Gasteiger partial charge < -0.3 is 19.9 Å². The van der Waals surface area contributed by atoms with Crippen LogP contribution in [-0.4, -0.2) is 61.5 Å². The number of nitrogens with one attached hydrogen (secondary N) is 2. The van der Waals surface area contributed by atoms with Gasteiger partial charge in [-0.05, 0) is 20.3 Å². The van der Waals surface area contributed by atoms with E-state index in [2.05, 4.69) is 53.4 Å². The van der Waals surface area contributed by atoms with Crippen molar-refractivity contribution in [1.82, 2.24) is 20.7 Å². The van der Waals surface area contributed by atoms with Crippen LogP contribution in [0.25, 0.3) is 0 Å². The lowest BCUT2D eigenvalue weighted by atomic mass is 10.0. The van der Waals surface area contributed by atoms with Gasteiger partial charge in [0.05, 0.1) is 18.9 Å². The predicted octanol–water partition coefficient (Wildman–Crippen LogP) is 1.58. The summed E-state index contributed by atoms with van der Waals surface area (Å²) in [6.45, 7) is 13.7. The van der Waals surface area contributed by atoms with Crippen molar-refractivity contribution in [2.24, 2.45) is 4.99 Å². The molecule has 2 rings (SSSR count). The minimum absolute atomic E-state index is 0.0434. The van der Waals surface area contributed by atoms with E-state index in [9.17, 15) is 0 Å². The molecule has 0 aliphatic carbocycles. The van der Waals surface area contributed by atoms with E-state index in [0.29, 0.717) is 6.54 Å². The zero-order chi connectivity index (χ0) is 18.3. The van der Waals surface area contributed by atoms with Crippen molar-refractivity contribution in [2.75, 3.05) is 39.9 Å². The summed E-state index contributed by atoms with van der Waals surface area (Å²) in [7, 11) is 1.80. The van der Waals surface area contributed by atoms with E-state index in [1.807, 2.05) is 0 Å². The van der Waals surface area contributed by atoms with Crippen LogP contribution in [-0.2, 0) is 24.1 Å². The number of rotatable bonds is 7. The van der Waals surface area contributed by atoms with E-state index >= 15 is 0 Å². The summed E-state index contributed by atoms with van der Waals surface area (Å²) in [5.41, 5.74) is 2.22. The normalized spacial score (nSPS) is 16.9. The minimum atomic E-state index is 0.0434. The molecule has 0 radical (unpaired) electrons. The maximum absolute atomic E-state index is 5.45. The molecular weight excluding hydrogens is 318 g/mol. The monoisotopic (exact) mass is 351 g/mol. The van der Waals surface area contributed by atoms with Gasteiger partial charge in [0, 0.05) is 50.7 Å². The Kier molecular flexibility index (Phi) is 7.25. The molecule has 1 saturated heterocycles. The van der Waals surface area contributed by atoms with Crippen molar-refractivity contribution in [3.8, 4) is 0 Å². The quantitative estimate of drug-likeness (QED) is 0.574. The van der Waals surface area contributed by atoms with E-state index in [1.54, 1.807) is 7.05 Å². The van der Waals surface area contributed by atoms with E-state index in [4.69, 9.17) is 9.26 Å². The molecule has 0 atom stereocenters. The van der Waals surface area contributed by atoms with Gasteiger partial charge in [-0.2, -0.15) is 0 Å². The van der Waals surface area contributed by atoms with E-state index in [0.717, 1.165) is 68.7 Å². The first-order valence-corrected chi connectivity index (χ1v) is 9.25. The second kappa shape index (κ2) is 9.20. The fourth-order valence-corrected chi connectivity index (χ4v) is 3.11. The molecule has 0 amide bonds. The number of morpholine rings is 1. The highest BCUT2D eigenvalue weighted by atomic mass is 16.5. The molecule has 1 aliphatic heterocycles. The zero-order valence-corrected chi connectivity index (χ0v) is 16.3. The molecule has 142 valence electrons. The van der Waals surface area contributed by atoms with Gasteiger partial charge in [-0.3, -0.25) is 9.89 Å². The summed E-state index contributed by atoms with van der Waals surface area (Å²) in [5, 5.41) is 11.0. The summed E-state index contributed by atoms with van der Waals surface area (Å²) < 4.78 is 10.9. The van der Waals surface area contributed by atoms with Crippen LogP contribution in [0.2, 0.25) is 0 Å². The molecule has 0 aromatic carbocycles. The number of aromatic nitrogens is 1. The van der Waals surface area contributed by atoms with Gasteiger partial charge in [0.15, 0.2) is 5.96 Å². The number of hydrogen-bond donors (Lipinski definition) is 2. The number of ether oxygens (including phenoxy) is 1. The Hall–Kier alpha value is -1.60.